The Morgan fingerprint density at radius 2 is 1.75 bits per heavy atom. The third-order valence-corrected chi connectivity index (χ3v) is 6.89. The van der Waals surface area contributed by atoms with E-state index in [0.717, 1.165) is 11.3 Å². The van der Waals surface area contributed by atoms with Gasteiger partial charge in [0, 0.05) is 36.5 Å². The molecular formula is C25H23ClN2O4. The molecule has 32 heavy (non-hydrogen) atoms. The molecule has 3 heterocycles. The number of rotatable bonds is 6. The molecular weight excluding hydrogens is 428 g/mol. The van der Waals surface area contributed by atoms with Crippen molar-refractivity contribution in [1.82, 2.24) is 4.90 Å². The highest BCUT2D eigenvalue weighted by Crippen LogP contribution is 2.49. The van der Waals surface area contributed by atoms with Crippen molar-refractivity contribution >= 4 is 41.0 Å². The van der Waals surface area contributed by atoms with Crippen LogP contribution in [0, 0.1) is 11.8 Å². The van der Waals surface area contributed by atoms with Gasteiger partial charge in [0.2, 0.25) is 11.8 Å². The van der Waals surface area contributed by atoms with E-state index in [2.05, 4.69) is 0 Å². The second-order valence-electron chi connectivity index (χ2n) is 8.36. The minimum Gasteiger partial charge on any atom is -0.385 e. The average Bonchev–Trinajstić information content (AvgIpc) is 3.28. The Balaban J connectivity index is 1.58. The Morgan fingerprint density at radius 3 is 2.50 bits per heavy atom. The molecule has 0 bridgehead atoms. The number of nitrogens with zero attached hydrogens (tertiary/aromatic N) is 2. The summed E-state index contributed by atoms with van der Waals surface area (Å²) in [5, 5.41) is 0.534. The summed E-state index contributed by atoms with van der Waals surface area (Å²) in [4.78, 5) is 43.9. The molecule has 2 aromatic carbocycles. The summed E-state index contributed by atoms with van der Waals surface area (Å²) in [6.45, 7) is 0.760. The fourth-order valence-corrected chi connectivity index (χ4v) is 5.37. The van der Waals surface area contributed by atoms with Crippen LogP contribution in [0.3, 0.4) is 0 Å². The summed E-state index contributed by atoms with van der Waals surface area (Å²) in [7, 11) is 1.59. The van der Waals surface area contributed by atoms with Crippen molar-refractivity contribution in [3.8, 4) is 0 Å². The van der Waals surface area contributed by atoms with E-state index in [0.29, 0.717) is 30.2 Å². The largest absolute Gasteiger partial charge is 0.385 e. The van der Waals surface area contributed by atoms with E-state index in [1.165, 1.54) is 4.90 Å². The molecule has 7 heteroatoms. The van der Waals surface area contributed by atoms with Crippen LogP contribution in [-0.2, 0) is 14.3 Å². The SMILES string of the molecule is COCCCN1C(=O)[C@@H]2[C@H](C1=O)[C@H]1C=Cc3ccccc3N1[C@H]2C(=O)c1ccc(Cl)cc1. The van der Waals surface area contributed by atoms with Gasteiger partial charge in [0.25, 0.3) is 0 Å². The van der Waals surface area contributed by atoms with Crippen LogP contribution in [0.4, 0.5) is 5.69 Å². The van der Waals surface area contributed by atoms with Gasteiger partial charge in [-0.2, -0.15) is 0 Å². The summed E-state index contributed by atoms with van der Waals surface area (Å²) in [5.74, 6) is -1.97. The van der Waals surface area contributed by atoms with E-state index < -0.39 is 17.9 Å². The fraction of sp³-hybridized carbons (Fsp3) is 0.320. The van der Waals surface area contributed by atoms with Gasteiger partial charge in [-0.1, -0.05) is 42.0 Å². The first-order chi connectivity index (χ1) is 15.5. The predicted molar refractivity (Wildman–Crippen MR) is 122 cm³/mol. The quantitative estimate of drug-likeness (QED) is 0.383. The number of methoxy groups -OCH3 is 1. The van der Waals surface area contributed by atoms with Crippen molar-refractivity contribution in [2.75, 3.05) is 25.2 Å². The standard InChI is InChI=1S/C25H23ClN2O4/c1-32-14-4-13-27-24(30)20-19-12-9-15-5-2-3-6-18(15)28(19)22(21(20)25(27)31)23(29)16-7-10-17(26)11-8-16/h2-3,5-12,19-22H,4,13-14H2,1H3/t19-,20-,21-,22-/m1/s1. The van der Waals surface area contributed by atoms with Gasteiger partial charge in [-0.25, -0.2) is 0 Å². The van der Waals surface area contributed by atoms with Crippen LogP contribution >= 0.6 is 11.6 Å². The Kier molecular flexibility index (Phi) is 5.35. The summed E-state index contributed by atoms with van der Waals surface area (Å²) >= 11 is 6.02. The average molecular weight is 451 g/mol. The Bertz CT molecular complexity index is 1110. The smallest absolute Gasteiger partial charge is 0.235 e. The molecule has 6 nitrogen and oxygen atoms in total. The Morgan fingerprint density at radius 1 is 1.03 bits per heavy atom. The molecule has 0 saturated carbocycles. The maximum Gasteiger partial charge on any atom is 0.235 e. The van der Waals surface area contributed by atoms with Crippen molar-refractivity contribution in [3.63, 3.8) is 0 Å². The zero-order valence-corrected chi connectivity index (χ0v) is 18.4. The zero-order valence-electron chi connectivity index (χ0n) is 17.6. The van der Waals surface area contributed by atoms with E-state index in [-0.39, 0.29) is 23.6 Å². The van der Waals surface area contributed by atoms with Crippen LogP contribution in [0.1, 0.15) is 22.3 Å². The van der Waals surface area contributed by atoms with Gasteiger partial charge in [0.05, 0.1) is 17.9 Å². The van der Waals surface area contributed by atoms with Gasteiger partial charge in [0.15, 0.2) is 5.78 Å². The highest BCUT2D eigenvalue weighted by molar-refractivity contribution is 6.30. The number of halogens is 1. The van der Waals surface area contributed by atoms with Gasteiger partial charge in [-0.3, -0.25) is 19.3 Å². The molecule has 2 aromatic rings. The Labute approximate surface area is 191 Å². The van der Waals surface area contributed by atoms with Crippen LogP contribution in [0.25, 0.3) is 6.08 Å². The van der Waals surface area contributed by atoms with Crippen molar-refractivity contribution in [3.05, 3.63) is 70.8 Å². The first-order valence-electron chi connectivity index (χ1n) is 10.7. The number of carbonyl (C=O) groups is 3. The fourth-order valence-electron chi connectivity index (χ4n) is 5.25. The zero-order chi connectivity index (χ0) is 22.4. The topological polar surface area (TPSA) is 66.9 Å². The number of carbonyl (C=O) groups excluding carboxylic acids is 3. The summed E-state index contributed by atoms with van der Waals surface area (Å²) < 4.78 is 5.08. The third-order valence-electron chi connectivity index (χ3n) is 6.63. The summed E-state index contributed by atoms with van der Waals surface area (Å²) in [6, 6.07) is 13.3. The molecule has 0 unspecified atom stereocenters. The number of fused-ring (bicyclic) bond motifs is 5. The van der Waals surface area contributed by atoms with Crippen molar-refractivity contribution in [1.29, 1.82) is 0 Å². The molecule has 5 rings (SSSR count). The normalized spacial score (nSPS) is 25.7. The maximum absolute atomic E-state index is 13.8. The third kappa shape index (κ3) is 3.17. The van der Waals surface area contributed by atoms with Crippen molar-refractivity contribution < 1.29 is 19.1 Å². The number of likely N-dealkylation sites (tertiary alicyclic amines) is 1. The lowest BCUT2D eigenvalue weighted by molar-refractivity contribution is -0.140. The highest BCUT2D eigenvalue weighted by Gasteiger charge is 2.63. The predicted octanol–water partition coefficient (Wildman–Crippen LogP) is 3.44. The summed E-state index contributed by atoms with van der Waals surface area (Å²) in [6.07, 6.45) is 4.50. The van der Waals surface area contributed by atoms with Crippen LogP contribution in [0.5, 0.6) is 0 Å². The second kappa shape index (κ2) is 8.19. The van der Waals surface area contributed by atoms with Crippen molar-refractivity contribution in [2.24, 2.45) is 11.8 Å². The van der Waals surface area contributed by atoms with Crippen LogP contribution < -0.4 is 4.90 Å². The number of para-hydroxylation sites is 1. The molecule has 0 spiro atoms. The first kappa shape index (κ1) is 20.9. The number of amides is 2. The molecule has 0 N–H and O–H groups in total. The van der Waals surface area contributed by atoms with Crippen LogP contribution in [0.2, 0.25) is 5.02 Å². The molecule has 2 fully saturated rings. The first-order valence-corrected chi connectivity index (χ1v) is 11.1. The molecule has 4 atom stereocenters. The second-order valence-corrected chi connectivity index (χ2v) is 8.79. The van der Waals surface area contributed by atoms with Gasteiger partial charge < -0.3 is 9.64 Å². The molecule has 164 valence electrons. The van der Waals surface area contributed by atoms with E-state index in [4.69, 9.17) is 16.3 Å². The number of imide groups is 1. The summed E-state index contributed by atoms with van der Waals surface area (Å²) in [5.41, 5.74) is 2.31. The lowest BCUT2D eigenvalue weighted by atomic mass is 9.86. The number of anilines is 1. The van der Waals surface area contributed by atoms with Gasteiger partial charge in [-0.15, -0.1) is 0 Å². The lowest BCUT2D eigenvalue weighted by Crippen LogP contribution is -2.48. The van der Waals surface area contributed by atoms with E-state index >= 15 is 0 Å². The lowest BCUT2D eigenvalue weighted by Gasteiger charge is -2.36. The minimum atomic E-state index is -0.763. The van der Waals surface area contributed by atoms with E-state index in [1.54, 1.807) is 31.4 Å². The number of hydrogen-bond acceptors (Lipinski definition) is 5. The molecule has 0 aromatic heterocycles. The number of ether oxygens (including phenoxy) is 1. The van der Waals surface area contributed by atoms with Gasteiger partial charge in [-0.05, 0) is 42.3 Å². The van der Waals surface area contributed by atoms with E-state index in [1.807, 2.05) is 41.3 Å². The highest BCUT2D eigenvalue weighted by atomic mass is 35.5. The molecule has 2 saturated heterocycles. The molecule has 0 aliphatic carbocycles. The van der Waals surface area contributed by atoms with E-state index in [9.17, 15) is 14.4 Å². The Hall–Kier alpha value is -2.96. The number of Topliss-reactive ketones (excluding diaryl/α,β-unsaturated/α-hetero) is 1. The molecule has 3 aliphatic heterocycles. The van der Waals surface area contributed by atoms with Crippen molar-refractivity contribution in [2.45, 2.75) is 18.5 Å². The molecule has 3 aliphatic rings. The number of ketones is 1. The maximum atomic E-state index is 13.8. The van der Waals surface area contributed by atoms with Crippen LogP contribution in [0.15, 0.2) is 54.6 Å². The van der Waals surface area contributed by atoms with Gasteiger partial charge in [0.1, 0.15) is 6.04 Å². The molecule has 0 radical (unpaired) electrons. The number of hydrogen-bond donors (Lipinski definition) is 0. The monoisotopic (exact) mass is 450 g/mol. The minimum absolute atomic E-state index is 0.177. The molecule has 2 amide bonds. The number of benzene rings is 2. The van der Waals surface area contributed by atoms with Gasteiger partial charge >= 0.3 is 0 Å². The van der Waals surface area contributed by atoms with Crippen LogP contribution in [-0.4, -0.2) is 54.8 Å².